The largest absolute Gasteiger partial charge is 0.312 e. The molecule has 0 aliphatic rings. The van der Waals surface area contributed by atoms with Crippen LogP contribution >= 0.6 is 11.8 Å². The monoisotopic (exact) mass is 295 g/mol. The van der Waals surface area contributed by atoms with Crippen molar-refractivity contribution in [3.8, 4) is 0 Å². The molecular formula is C13H18FN5S. The summed E-state index contributed by atoms with van der Waals surface area (Å²) >= 11 is 1.44. The van der Waals surface area contributed by atoms with Gasteiger partial charge in [-0.1, -0.05) is 13.8 Å². The minimum Gasteiger partial charge on any atom is -0.312 e. The maximum Gasteiger partial charge on any atom is 0.213 e. The number of tetrazole rings is 1. The minimum atomic E-state index is -0.230. The van der Waals surface area contributed by atoms with Crippen molar-refractivity contribution < 1.29 is 4.39 Å². The Kier molecular flexibility index (Phi) is 5.08. The molecule has 7 heteroatoms. The second-order valence-corrected chi connectivity index (χ2v) is 5.97. The van der Waals surface area contributed by atoms with Crippen LogP contribution in [0, 0.1) is 11.7 Å². The van der Waals surface area contributed by atoms with E-state index in [0.29, 0.717) is 17.6 Å². The second kappa shape index (κ2) is 6.81. The van der Waals surface area contributed by atoms with Crippen molar-refractivity contribution in [1.82, 2.24) is 25.5 Å². The molecule has 0 fully saturated rings. The molecule has 0 amide bonds. The third kappa shape index (κ3) is 4.01. The minimum absolute atomic E-state index is 0.230. The number of halogens is 1. The molecular weight excluding hydrogens is 277 g/mol. The van der Waals surface area contributed by atoms with Gasteiger partial charge in [-0.15, -0.1) is 5.10 Å². The molecule has 1 aromatic heterocycles. The number of rotatable bonds is 6. The lowest BCUT2D eigenvalue weighted by Gasteiger charge is -2.11. The molecule has 0 radical (unpaired) electrons. The van der Waals surface area contributed by atoms with Gasteiger partial charge in [-0.3, -0.25) is 0 Å². The maximum absolute atomic E-state index is 13.4. The fourth-order valence-corrected chi connectivity index (χ4v) is 2.53. The maximum atomic E-state index is 13.4. The zero-order chi connectivity index (χ0) is 14.5. The van der Waals surface area contributed by atoms with E-state index >= 15 is 0 Å². The first-order chi connectivity index (χ1) is 9.56. The van der Waals surface area contributed by atoms with Gasteiger partial charge in [0.2, 0.25) is 5.16 Å². The first kappa shape index (κ1) is 14.9. The van der Waals surface area contributed by atoms with Gasteiger partial charge >= 0.3 is 0 Å². The molecule has 1 heterocycles. The summed E-state index contributed by atoms with van der Waals surface area (Å²) in [7, 11) is 1.78. The van der Waals surface area contributed by atoms with Gasteiger partial charge in [-0.05, 0) is 58.4 Å². The van der Waals surface area contributed by atoms with Crippen molar-refractivity contribution in [3.05, 3.63) is 29.6 Å². The molecule has 0 unspecified atom stereocenters. The molecule has 5 nitrogen and oxygen atoms in total. The highest BCUT2D eigenvalue weighted by molar-refractivity contribution is 7.99. The standard InChI is InChI=1S/C13H18FN5S/c1-9(2)7-15-8-10-6-11(14)4-5-12(10)20-13-16-17-18-19(13)3/h4-6,9,15H,7-8H2,1-3H3. The molecule has 20 heavy (non-hydrogen) atoms. The molecule has 2 aromatic rings. The highest BCUT2D eigenvalue weighted by Gasteiger charge is 2.10. The number of nitrogens with one attached hydrogen (secondary N) is 1. The summed E-state index contributed by atoms with van der Waals surface area (Å²) in [5.41, 5.74) is 0.915. The average molecular weight is 295 g/mol. The molecule has 108 valence electrons. The Hall–Kier alpha value is -1.47. The van der Waals surface area contributed by atoms with Crippen LogP contribution in [0.3, 0.4) is 0 Å². The van der Waals surface area contributed by atoms with Crippen molar-refractivity contribution in [2.75, 3.05) is 6.54 Å². The van der Waals surface area contributed by atoms with E-state index in [-0.39, 0.29) is 5.82 Å². The highest BCUT2D eigenvalue weighted by Crippen LogP contribution is 2.28. The van der Waals surface area contributed by atoms with E-state index < -0.39 is 0 Å². The van der Waals surface area contributed by atoms with Gasteiger partial charge in [-0.2, -0.15) is 0 Å². The first-order valence-corrected chi connectivity index (χ1v) is 7.27. The number of hydrogen-bond donors (Lipinski definition) is 1. The second-order valence-electron chi connectivity index (χ2n) is 4.96. The van der Waals surface area contributed by atoms with Gasteiger partial charge in [0.25, 0.3) is 0 Å². The third-order valence-corrected chi connectivity index (χ3v) is 3.82. The summed E-state index contributed by atoms with van der Waals surface area (Å²) in [6.45, 7) is 5.80. The summed E-state index contributed by atoms with van der Waals surface area (Å²) in [5, 5.41) is 15.3. The van der Waals surface area contributed by atoms with Crippen molar-refractivity contribution in [1.29, 1.82) is 0 Å². The number of hydrogen-bond acceptors (Lipinski definition) is 5. The van der Waals surface area contributed by atoms with Crippen molar-refractivity contribution in [2.45, 2.75) is 30.4 Å². The van der Waals surface area contributed by atoms with E-state index in [1.165, 1.54) is 17.8 Å². The van der Waals surface area contributed by atoms with Gasteiger partial charge < -0.3 is 5.32 Å². The molecule has 0 saturated carbocycles. The van der Waals surface area contributed by atoms with Gasteiger partial charge in [-0.25, -0.2) is 9.07 Å². The van der Waals surface area contributed by atoms with E-state index in [4.69, 9.17) is 0 Å². The lowest BCUT2D eigenvalue weighted by molar-refractivity contribution is 0.547. The van der Waals surface area contributed by atoms with Crippen LogP contribution in [0.5, 0.6) is 0 Å². The Morgan fingerprint density at radius 1 is 1.40 bits per heavy atom. The van der Waals surface area contributed by atoms with Gasteiger partial charge in [0.05, 0.1) is 0 Å². The molecule has 0 spiro atoms. The zero-order valence-corrected chi connectivity index (χ0v) is 12.6. The summed E-state index contributed by atoms with van der Waals surface area (Å²) in [6.07, 6.45) is 0. The Bertz CT molecular complexity index is 570. The van der Waals surface area contributed by atoms with Crippen LogP contribution in [0.15, 0.2) is 28.3 Å². The predicted molar refractivity (Wildman–Crippen MR) is 75.9 cm³/mol. The molecule has 0 aliphatic heterocycles. The van der Waals surface area contributed by atoms with Crippen LogP contribution in [-0.2, 0) is 13.6 Å². The third-order valence-electron chi connectivity index (χ3n) is 2.67. The van der Waals surface area contributed by atoms with Gasteiger partial charge in [0, 0.05) is 18.5 Å². The van der Waals surface area contributed by atoms with Crippen molar-refractivity contribution in [2.24, 2.45) is 13.0 Å². The SMILES string of the molecule is CC(C)CNCc1cc(F)ccc1Sc1nnnn1C. The van der Waals surface area contributed by atoms with Gasteiger partial charge in [0.15, 0.2) is 0 Å². The first-order valence-electron chi connectivity index (χ1n) is 6.45. The van der Waals surface area contributed by atoms with Crippen molar-refractivity contribution in [3.63, 3.8) is 0 Å². The average Bonchev–Trinajstić information content (AvgIpc) is 2.78. The van der Waals surface area contributed by atoms with E-state index in [1.54, 1.807) is 23.9 Å². The fraction of sp³-hybridized carbons (Fsp3) is 0.462. The summed E-state index contributed by atoms with van der Waals surface area (Å²) < 4.78 is 15.0. The summed E-state index contributed by atoms with van der Waals surface area (Å²) in [5.74, 6) is 0.328. The number of nitrogens with zero attached hydrogens (tertiary/aromatic N) is 4. The Morgan fingerprint density at radius 3 is 2.85 bits per heavy atom. The quantitative estimate of drug-likeness (QED) is 0.886. The van der Waals surface area contributed by atoms with Gasteiger partial charge in [0.1, 0.15) is 5.82 Å². The van der Waals surface area contributed by atoms with E-state index in [9.17, 15) is 4.39 Å². The lowest BCUT2D eigenvalue weighted by Crippen LogP contribution is -2.19. The molecule has 1 aromatic carbocycles. The number of benzene rings is 1. The number of aromatic nitrogens is 4. The van der Waals surface area contributed by atoms with Crippen LogP contribution < -0.4 is 5.32 Å². The molecule has 1 N–H and O–H groups in total. The molecule has 0 bridgehead atoms. The zero-order valence-electron chi connectivity index (χ0n) is 11.8. The topological polar surface area (TPSA) is 55.6 Å². The van der Waals surface area contributed by atoms with Crippen LogP contribution in [0.2, 0.25) is 0 Å². The Balaban J connectivity index is 2.13. The van der Waals surface area contributed by atoms with Crippen LogP contribution in [0.1, 0.15) is 19.4 Å². The molecule has 0 saturated heterocycles. The molecule has 0 atom stereocenters. The van der Waals surface area contributed by atoms with Crippen molar-refractivity contribution >= 4 is 11.8 Å². The van der Waals surface area contributed by atoms with Crippen LogP contribution in [-0.4, -0.2) is 26.8 Å². The predicted octanol–water partition coefficient (Wildman–Crippen LogP) is 2.25. The Morgan fingerprint density at radius 2 is 2.20 bits per heavy atom. The smallest absolute Gasteiger partial charge is 0.213 e. The molecule has 2 rings (SSSR count). The van der Waals surface area contributed by atoms with E-state index in [2.05, 4.69) is 34.7 Å². The summed E-state index contributed by atoms with van der Waals surface area (Å²) in [6, 6.07) is 4.78. The lowest BCUT2D eigenvalue weighted by atomic mass is 10.2. The summed E-state index contributed by atoms with van der Waals surface area (Å²) in [4.78, 5) is 0.959. The Labute approximate surface area is 122 Å². The van der Waals surface area contributed by atoms with E-state index in [0.717, 1.165) is 17.0 Å². The normalized spacial score (nSPS) is 11.2. The fourth-order valence-electron chi connectivity index (χ4n) is 1.69. The van der Waals surface area contributed by atoms with Crippen LogP contribution in [0.25, 0.3) is 0 Å². The molecule has 0 aliphatic carbocycles. The highest BCUT2D eigenvalue weighted by atomic mass is 32.2. The number of aryl methyl sites for hydroxylation is 1. The van der Waals surface area contributed by atoms with Crippen LogP contribution in [0.4, 0.5) is 4.39 Å². The van der Waals surface area contributed by atoms with E-state index in [1.807, 2.05) is 0 Å².